The monoisotopic (exact) mass is 587 g/mol. The van der Waals surface area contributed by atoms with Gasteiger partial charge in [0.15, 0.2) is 9.84 Å². The highest BCUT2D eigenvalue weighted by atomic mass is 32.2. The standard InChI is InChI=1S/C31H33N5O5S/c1-19-10-28(35-30(11-19)36-16-20(2)41-21(3)17-36)26-7-6-23-14-32-25(13-27(23)34-26)15-33-31(37)22-4-5-24-18-40-8-9-42(38,39)29(24)12-22/h4-7,10-14,20-21H,8-9,15-18H2,1-3H3,(H,33,37)/t20-,21+. The Morgan fingerprint density at radius 2 is 1.83 bits per heavy atom. The summed E-state index contributed by atoms with van der Waals surface area (Å²) in [6.07, 6.45) is 1.99. The molecule has 4 aromatic rings. The third-order valence-corrected chi connectivity index (χ3v) is 9.20. The normalized spacial score (nSPS) is 20.1. The van der Waals surface area contributed by atoms with Crippen LogP contribution < -0.4 is 10.2 Å². The van der Waals surface area contributed by atoms with Crippen LogP contribution in [0.2, 0.25) is 0 Å². The summed E-state index contributed by atoms with van der Waals surface area (Å²) in [6, 6.07) is 14.6. The van der Waals surface area contributed by atoms with Crippen molar-refractivity contribution in [1.29, 1.82) is 0 Å². The number of aryl methyl sites for hydroxylation is 1. The number of anilines is 1. The maximum Gasteiger partial charge on any atom is 0.251 e. The van der Waals surface area contributed by atoms with E-state index in [-0.39, 0.29) is 54.1 Å². The summed E-state index contributed by atoms with van der Waals surface area (Å²) in [4.78, 5) is 29.7. The zero-order valence-corrected chi connectivity index (χ0v) is 24.6. The molecule has 3 aromatic heterocycles. The lowest BCUT2D eigenvalue weighted by molar-refractivity contribution is -0.00546. The number of benzene rings is 1. The van der Waals surface area contributed by atoms with Crippen molar-refractivity contribution in [3.8, 4) is 11.4 Å². The van der Waals surface area contributed by atoms with E-state index in [4.69, 9.17) is 19.4 Å². The number of pyridine rings is 3. The molecule has 0 aliphatic carbocycles. The van der Waals surface area contributed by atoms with Crippen LogP contribution in [0.25, 0.3) is 22.3 Å². The van der Waals surface area contributed by atoms with Crippen LogP contribution in [0.4, 0.5) is 5.82 Å². The van der Waals surface area contributed by atoms with Crippen LogP contribution in [0, 0.1) is 6.92 Å². The maximum atomic E-state index is 12.9. The molecule has 1 amide bonds. The Kier molecular flexibility index (Phi) is 7.65. The summed E-state index contributed by atoms with van der Waals surface area (Å²) in [7, 11) is -3.51. The van der Waals surface area contributed by atoms with Crippen molar-refractivity contribution in [1.82, 2.24) is 20.3 Å². The van der Waals surface area contributed by atoms with E-state index < -0.39 is 9.84 Å². The Morgan fingerprint density at radius 3 is 2.64 bits per heavy atom. The number of amides is 1. The Balaban J connectivity index is 1.21. The molecule has 1 aromatic carbocycles. The zero-order chi connectivity index (χ0) is 29.4. The second-order valence-electron chi connectivity index (χ2n) is 11.0. The third kappa shape index (κ3) is 5.99. The van der Waals surface area contributed by atoms with Crippen molar-refractivity contribution in [3.05, 3.63) is 77.1 Å². The smallest absolute Gasteiger partial charge is 0.251 e. The molecule has 0 saturated carbocycles. The van der Waals surface area contributed by atoms with E-state index in [1.54, 1.807) is 18.3 Å². The first-order valence-electron chi connectivity index (χ1n) is 14.0. The summed E-state index contributed by atoms with van der Waals surface area (Å²) in [5.74, 6) is 0.418. The molecule has 218 valence electrons. The number of morpholine rings is 1. The van der Waals surface area contributed by atoms with E-state index in [0.717, 1.165) is 46.8 Å². The van der Waals surface area contributed by atoms with E-state index in [2.05, 4.69) is 42.0 Å². The van der Waals surface area contributed by atoms with Crippen molar-refractivity contribution in [2.45, 2.75) is 51.0 Å². The molecule has 2 atom stereocenters. The largest absolute Gasteiger partial charge is 0.376 e. The lowest BCUT2D eigenvalue weighted by atomic mass is 10.1. The van der Waals surface area contributed by atoms with Gasteiger partial charge in [-0.05, 0) is 74.4 Å². The van der Waals surface area contributed by atoms with Crippen LogP contribution in [0.15, 0.2) is 59.6 Å². The molecule has 2 aliphatic heterocycles. The molecule has 10 nitrogen and oxygen atoms in total. The van der Waals surface area contributed by atoms with Gasteiger partial charge >= 0.3 is 0 Å². The van der Waals surface area contributed by atoms with E-state index in [0.29, 0.717) is 11.3 Å². The number of rotatable bonds is 5. The molecule has 0 radical (unpaired) electrons. The SMILES string of the molecule is Cc1cc(-c2ccc3cnc(CNC(=O)c4ccc5c(c4)S(=O)(=O)CCOC5)cc3n2)nc(N2C[C@@H](C)O[C@@H](C)C2)c1. The van der Waals surface area contributed by atoms with E-state index >= 15 is 0 Å². The second-order valence-corrected chi connectivity index (χ2v) is 13.1. The second kappa shape index (κ2) is 11.4. The predicted molar refractivity (Wildman–Crippen MR) is 159 cm³/mol. The van der Waals surface area contributed by atoms with Crippen LogP contribution in [0.3, 0.4) is 0 Å². The molecule has 2 aliphatic rings. The highest BCUT2D eigenvalue weighted by Gasteiger charge is 2.25. The number of nitrogens with one attached hydrogen (secondary N) is 1. The summed E-state index contributed by atoms with van der Waals surface area (Å²) >= 11 is 0. The molecular weight excluding hydrogens is 554 g/mol. The Bertz CT molecular complexity index is 1770. The number of hydrogen-bond donors (Lipinski definition) is 1. The van der Waals surface area contributed by atoms with Gasteiger partial charge in [0.05, 0.1) is 65.2 Å². The van der Waals surface area contributed by atoms with Crippen LogP contribution in [-0.4, -0.2) is 66.9 Å². The fraction of sp³-hybridized carbons (Fsp3) is 0.355. The molecular formula is C31H33N5O5S. The number of aromatic nitrogens is 3. The summed E-state index contributed by atoms with van der Waals surface area (Å²) < 4.78 is 36.5. The van der Waals surface area contributed by atoms with Gasteiger partial charge in [-0.1, -0.05) is 6.07 Å². The fourth-order valence-corrected chi connectivity index (χ4v) is 6.83. The molecule has 0 bridgehead atoms. The number of fused-ring (bicyclic) bond motifs is 2. The Morgan fingerprint density at radius 1 is 1.02 bits per heavy atom. The lowest BCUT2D eigenvalue weighted by Crippen LogP contribution is -2.45. The lowest BCUT2D eigenvalue weighted by Gasteiger charge is -2.36. The highest BCUT2D eigenvalue weighted by molar-refractivity contribution is 7.91. The topological polar surface area (TPSA) is 124 Å². The molecule has 6 rings (SSSR count). The fourth-order valence-electron chi connectivity index (χ4n) is 5.44. The first-order valence-corrected chi connectivity index (χ1v) is 15.7. The van der Waals surface area contributed by atoms with E-state index in [1.807, 2.05) is 24.3 Å². The number of hydrogen-bond acceptors (Lipinski definition) is 9. The number of carbonyl (C=O) groups is 1. The zero-order valence-electron chi connectivity index (χ0n) is 23.8. The quantitative estimate of drug-likeness (QED) is 0.371. The van der Waals surface area contributed by atoms with Crippen LogP contribution in [0.5, 0.6) is 0 Å². The minimum atomic E-state index is -3.51. The number of sulfone groups is 1. The first kappa shape index (κ1) is 28.2. The van der Waals surface area contributed by atoms with Gasteiger partial charge in [-0.2, -0.15) is 0 Å². The van der Waals surface area contributed by atoms with Crippen LogP contribution in [-0.2, 0) is 32.5 Å². The third-order valence-electron chi connectivity index (χ3n) is 7.44. The maximum absolute atomic E-state index is 12.9. The van der Waals surface area contributed by atoms with Crippen molar-refractivity contribution < 1.29 is 22.7 Å². The van der Waals surface area contributed by atoms with Gasteiger partial charge in [-0.15, -0.1) is 0 Å². The van der Waals surface area contributed by atoms with Crippen molar-refractivity contribution in [2.75, 3.05) is 30.3 Å². The molecule has 5 heterocycles. The van der Waals surface area contributed by atoms with Crippen molar-refractivity contribution in [2.24, 2.45) is 0 Å². The number of ether oxygens (including phenoxy) is 2. The van der Waals surface area contributed by atoms with Crippen molar-refractivity contribution in [3.63, 3.8) is 0 Å². The van der Waals surface area contributed by atoms with Gasteiger partial charge in [0, 0.05) is 30.2 Å². The first-order chi connectivity index (χ1) is 20.1. The Hall–Kier alpha value is -3.93. The molecule has 0 unspecified atom stereocenters. The molecule has 1 fully saturated rings. The van der Waals surface area contributed by atoms with Gasteiger partial charge in [0.2, 0.25) is 0 Å². The number of nitrogens with zero attached hydrogens (tertiary/aromatic N) is 4. The summed E-state index contributed by atoms with van der Waals surface area (Å²) in [5, 5.41) is 3.72. The highest BCUT2D eigenvalue weighted by Crippen LogP contribution is 2.26. The van der Waals surface area contributed by atoms with Gasteiger partial charge in [0.25, 0.3) is 5.91 Å². The summed E-state index contributed by atoms with van der Waals surface area (Å²) in [6.45, 7) is 8.27. The predicted octanol–water partition coefficient (Wildman–Crippen LogP) is 3.85. The van der Waals surface area contributed by atoms with Crippen molar-refractivity contribution >= 4 is 32.5 Å². The van der Waals surface area contributed by atoms with Gasteiger partial charge in [0.1, 0.15) is 5.82 Å². The van der Waals surface area contributed by atoms with Gasteiger partial charge in [-0.3, -0.25) is 9.78 Å². The van der Waals surface area contributed by atoms with Crippen LogP contribution >= 0.6 is 0 Å². The molecule has 42 heavy (non-hydrogen) atoms. The van der Waals surface area contributed by atoms with Gasteiger partial charge < -0.3 is 19.7 Å². The minimum Gasteiger partial charge on any atom is -0.376 e. The molecule has 0 spiro atoms. The van der Waals surface area contributed by atoms with Crippen LogP contribution in [0.1, 0.15) is 41.0 Å². The minimum absolute atomic E-state index is 0.105. The van der Waals surface area contributed by atoms with E-state index in [9.17, 15) is 13.2 Å². The summed E-state index contributed by atoms with van der Waals surface area (Å²) in [5.41, 5.74) is 4.83. The average molecular weight is 588 g/mol. The van der Waals surface area contributed by atoms with Gasteiger partial charge in [-0.25, -0.2) is 18.4 Å². The number of carbonyl (C=O) groups excluding carboxylic acids is 1. The molecule has 11 heteroatoms. The molecule has 1 N–H and O–H groups in total. The Labute approximate surface area is 245 Å². The van der Waals surface area contributed by atoms with E-state index in [1.165, 1.54) is 6.07 Å². The average Bonchev–Trinajstić information content (AvgIpc) is 3.11. The molecule has 1 saturated heterocycles.